The van der Waals surface area contributed by atoms with Gasteiger partial charge in [0.2, 0.25) is 0 Å². The summed E-state index contributed by atoms with van der Waals surface area (Å²) in [4.78, 5) is 20.8. The smallest absolute Gasteiger partial charge is 0.159 e. The molecule has 28 heavy (non-hydrogen) atoms. The third-order valence-corrected chi connectivity index (χ3v) is 5.37. The molecule has 140 valence electrons. The van der Waals surface area contributed by atoms with E-state index in [1.165, 1.54) is 11.1 Å². The Morgan fingerprint density at radius 2 is 1.89 bits per heavy atom. The first kappa shape index (κ1) is 17.0. The van der Waals surface area contributed by atoms with Gasteiger partial charge in [0.25, 0.3) is 0 Å². The standard InChI is InChI=1S/C22H22N6/c1-2-28-20-6-4-3-5-19(20)25-21(28)15-27-12-9-18-17(14-27)13-24-22(26-18)16-7-10-23-11-8-16/h3-8,10-11,13H,2,9,12,14-15H2,1H3. The minimum Gasteiger partial charge on any atom is -0.327 e. The minimum atomic E-state index is 0.780. The van der Waals surface area contributed by atoms with Crippen LogP contribution in [0, 0.1) is 0 Å². The van der Waals surface area contributed by atoms with E-state index in [2.05, 4.69) is 44.6 Å². The van der Waals surface area contributed by atoms with E-state index in [-0.39, 0.29) is 0 Å². The lowest BCUT2D eigenvalue weighted by atomic mass is 10.1. The maximum absolute atomic E-state index is 4.87. The molecule has 1 aliphatic heterocycles. The third-order valence-electron chi connectivity index (χ3n) is 5.37. The van der Waals surface area contributed by atoms with E-state index < -0.39 is 0 Å². The topological polar surface area (TPSA) is 59.7 Å². The zero-order valence-electron chi connectivity index (χ0n) is 15.9. The second-order valence-electron chi connectivity index (χ2n) is 7.12. The van der Waals surface area contributed by atoms with Crippen LogP contribution in [0.25, 0.3) is 22.4 Å². The van der Waals surface area contributed by atoms with Crippen LogP contribution in [0.5, 0.6) is 0 Å². The van der Waals surface area contributed by atoms with Crippen LogP contribution in [0.2, 0.25) is 0 Å². The lowest BCUT2D eigenvalue weighted by Gasteiger charge is -2.27. The largest absolute Gasteiger partial charge is 0.327 e. The van der Waals surface area contributed by atoms with Gasteiger partial charge in [-0.05, 0) is 31.2 Å². The fraction of sp³-hybridized carbons (Fsp3) is 0.273. The van der Waals surface area contributed by atoms with Gasteiger partial charge < -0.3 is 4.57 Å². The van der Waals surface area contributed by atoms with Gasteiger partial charge in [-0.25, -0.2) is 15.0 Å². The van der Waals surface area contributed by atoms with Crippen molar-refractivity contribution in [3.8, 4) is 11.4 Å². The number of rotatable bonds is 4. The van der Waals surface area contributed by atoms with Crippen molar-refractivity contribution in [3.05, 3.63) is 72.1 Å². The lowest BCUT2D eigenvalue weighted by Crippen LogP contribution is -2.32. The summed E-state index contributed by atoms with van der Waals surface area (Å²) in [5, 5.41) is 0. The molecule has 6 nitrogen and oxygen atoms in total. The molecule has 0 saturated carbocycles. The number of hydrogen-bond acceptors (Lipinski definition) is 5. The average molecular weight is 370 g/mol. The Labute approximate surface area is 163 Å². The number of pyridine rings is 1. The summed E-state index contributed by atoms with van der Waals surface area (Å²) >= 11 is 0. The highest BCUT2D eigenvalue weighted by atomic mass is 15.2. The zero-order valence-corrected chi connectivity index (χ0v) is 15.9. The predicted molar refractivity (Wildman–Crippen MR) is 108 cm³/mol. The summed E-state index contributed by atoms with van der Waals surface area (Å²) in [6.07, 6.45) is 6.47. The molecule has 0 fully saturated rings. The number of benzene rings is 1. The minimum absolute atomic E-state index is 0.780. The first-order valence-electron chi connectivity index (χ1n) is 9.73. The molecule has 4 aromatic rings. The van der Waals surface area contributed by atoms with Crippen LogP contribution in [0.1, 0.15) is 24.0 Å². The Balaban J connectivity index is 1.38. The van der Waals surface area contributed by atoms with Crippen LogP contribution in [-0.4, -0.2) is 35.9 Å². The SMILES string of the molecule is CCn1c(CN2CCc3nc(-c4ccncc4)ncc3C2)nc2ccccc21. The second-order valence-corrected chi connectivity index (χ2v) is 7.12. The second kappa shape index (κ2) is 7.13. The van der Waals surface area contributed by atoms with Gasteiger partial charge in [0.05, 0.1) is 23.3 Å². The number of aryl methyl sites for hydroxylation is 1. The molecule has 0 amide bonds. The maximum Gasteiger partial charge on any atom is 0.159 e. The maximum atomic E-state index is 4.87. The number of nitrogens with zero attached hydrogens (tertiary/aromatic N) is 6. The van der Waals surface area contributed by atoms with Crippen LogP contribution < -0.4 is 0 Å². The molecule has 0 radical (unpaired) electrons. The summed E-state index contributed by atoms with van der Waals surface area (Å²) in [7, 11) is 0. The summed E-state index contributed by atoms with van der Waals surface area (Å²) < 4.78 is 2.31. The molecule has 6 heteroatoms. The molecule has 0 saturated heterocycles. The van der Waals surface area contributed by atoms with Crippen LogP contribution in [0.15, 0.2) is 55.0 Å². The highest BCUT2D eigenvalue weighted by Gasteiger charge is 2.21. The van der Waals surface area contributed by atoms with Crippen molar-refractivity contribution in [2.75, 3.05) is 6.54 Å². The van der Waals surface area contributed by atoms with Crippen molar-refractivity contribution in [3.63, 3.8) is 0 Å². The quantitative estimate of drug-likeness (QED) is 0.550. The fourth-order valence-electron chi connectivity index (χ4n) is 3.95. The van der Waals surface area contributed by atoms with Gasteiger partial charge in [0.1, 0.15) is 5.82 Å². The van der Waals surface area contributed by atoms with E-state index in [1.807, 2.05) is 24.4 Å². The summed E-state index contributed by atoms with van der Waals surface area (Å²) in [5.41, 5.74) is 5.66. The molecular weight excluding hydrogens is 348 g/mol. The Morgan fingerprint density at radius 1 is 1.04 bits per heavy atom. The van der Waals surface area contributed by atoms with Crippen LogP contribution in [0.4, 0.5) is 0 Å². The first-order chi connectivity index (χ1) is 13.8. The molecule has 0 aliphatic carbocycles. The normalized spacial score (nSPS) is 14.3. The van der Waals surface area contributed by atoms with E-state index in [1.54, 1.807) is 12.4 Å². The Kier molecular flexibility index (Phi) is 4.33. The van der Waals surface area contributed by atoms with Crippen molar-refractivity contribution in [2.24, 2.45) is 0 Å². The number of hydrogen-bond donors (Lipinski definition) is 0. The lowest BCUT2D eigenvalue weighted by molar-refractivity contribution is 0.234. The Morgan fingerprint density at radius 3 is 2.75 bits per heavy atom. The molecule has 5 rings (SSSR count). The molecule has 0 spiro atoms. The van der Waals surface area contributed by atoms with E-state index in [0.29, 0.717) is 0 Å². The van der Waals surface area contributed by atoms with Gasteiger partial charge in [-0.2, -0.15) is 0 Å². The van der Waals surface area contributed by atoms with Gasteiger partial charge >= 0.3 is 0 Å². The van der Waals surface area contributed by atoms with Gasteiger partial charge in [-0.3, -0.25) is 9.88 Å². The van der Waals surface area contributed by atoms with Crippen LogP contribution in [0.3, 0.4) is 0 Å². The van der Waals surface area contributed by atoms with Gasteiger partial charge in [-0.15, -0.1) is 0 Å². The molecule has 1 aromatic carbocycles. The van der Waals surface area contributed by atoms with Gasteiger partial charge in [-0.1, -0.05) is 12.1 Å². The van der Waals surface area contributed by atoms with Crippen molar-refractivity contribution in [2.45, 2.75) is 33.0 Å². The van der Waals surface area contributed by atoms with Crippen molar-refractivity contribution in [1.82, 2.24) is 29.4 Å². The molecule has 3 aromatic heterocycles. The molecular formula is C22H22N6. The monoisotopic (exact) mass is 370 g/mol. The Hall–Kier alpha value is -3.12. The van der Waals surface area contributed by atoms with Crippen molar-refractivity contribution >= 4 is 11.0 Å². The number of imidazole rings is 1. The van der Waals surface area contributed by atoms with Gasteiger partial charge in [0, 0.05) is 55.8 Å². The highest BCUT2D eigenvalue weighted by Crippen LogP contribution is 2.23. The number of aromatic nitrogens is 5. The van der Waals surface area contributed by atoms with E-state index in [9.17, 15) is 0 Å². The van der Waals surface area contributed by atoms with Crippen molar-refractivity contribution < 1.29 is 0 Å². The highest BCUT2D eigenvalue weighted by molar-refractivity contribution is 5.75. The molecule has 0 unspecified atom stereocenters. The van der Waals surface area contributed by atoms with E-state index >= 15 is 0 Å². The number of fused-ring (bicyclic) bond motifs is 2. The average Bonchev–Trinajstić information content (AvgIpc) is 3.11. The summed E-state index contributed by atoms with van der Waals surface area (Å²) in [5.74, 6) is 1.91. The molecule has 0 N–H and O–H groups in total. The zero-order chi connectivity index (χ0) is 18.9. The summed E-state index contributed by atoms with van der Waals surface area (Å²) in [6.45, 7) is 5.79. The van der Waals surface area contributed by atoms with Crippen molar-refractivity contribution in [1.29, 1.82) is 0 Å². The summed E-state index contributed by atoms with van der Waals surface area (Å²) in [6, 6.07) is 12.3. The van der Waals surface area contributed by atoms with E-state index in [0.717, 1.165) is 61.0 Å². The van der Waals surface area contributed by atoms with Crippen LogP contribution in [-0.2, 0) is 26.1 Å². The number of para-hydroxylation sites is 2. The molecule has 1 aliphatic rings. The molecule has 0 atom stereocenters. The third kappa shape index (κ3) is 3.05. The Bertz CT molecular complexity index is 1120. The first-order valence-corrected chi connectivity index (χ1v) is 9.73. The van der Waals surface area contributed by atoms with E-state index in [4.69, 9.17) is 9.97 Å². The molecule has 4 heterocycles. The molecule has 0 bridgehead atoms. The van der Waals surface area contributed by atoms with Crippen LogP contribution >= 0.6 is 0 Å². The predicted octanol–water partition coefficient (Wildman–Crippen LogP) is 3.47. The fourth-order valence-corrected chi connectivity index (χ4v) is 3.95. The van der Waals surface area contributed by atoms with Gasteiger partial charge in [0.15, 0.2) is 5.82 Å².